The number of nitrogens with two attached hydrogens (primary N) is 3. The molecule has 0 radical (unpaired) electrons. The van der Waals surface area contributed by atoms with E-state index in [-0.39, 0.29) is 23.1 Å². The molecule has 11 heteroatoms. The third kappa shape index (κ3) is 10.1. The summed E-state index contributed by atoms with van der Waals surface area (Å²) in [5, 5.41) is 4.30. The van der Waals surface area contributed by atoms with Crippen molar-refractivity contribution in [3.8, 4) is 16.9 Å². The third-order valence-electron chi connectivity index (χ3n) is 8.05. The van der Waals surface area contributed by atoms with Gasteiger partial charge in [0.05, 0.1) is 16.4 Å². The molecule has 0 saturated heterocycles. The van der Waals surface area contributed by atoms with E-state index in [1.54, 1.807) is 24.4 Å². The number of aromatic nitrogens is 3. The number of aromatic amines is 1. The van der Waals surface area contributed by atoms with Crippen LogP contribution < -0.4 is 28.2 Å². The van der Waals surface area contributed by atoms with Crippen LogP contribution in [0.15, 0.2) is 58.4 Å². The van der Waals surface area contributed by atoms with E-state index in [9.17, 15) is 4.79 Å². The summed E-state index contributed by atoms with van der Waals surface area (Å²) in [6.07, 6.45) is 9.98. The highest BCUT2D eigenvalue weighted by Crippen LogP contribution is 2.31. The van der Waals surface area contributed by atoms with Gasteiger partial charge in [0.2, 0.25) is 0 Å². The number of fused-ring (bicyclic) bond motifs is 1. The molecule has 1 aliphatic carbocycles. The molecule has 1 fully saturated rings. The molecule has 248 valence electrons. The molecule has 9 nitrogen and oxygen atoms in total. The van der Waals surface area contributed by atoms with Crippen LogP contribution in [0.4, 0.5) is 4.39 Å². The molecule has 0 spiro atoms. The highest BCUT2D eigenvalue weighted by Gasteiger charge is 2.16. The van der Waals surface area contributed by atoms with Crippen molar-refractivity contribution in [3.63, 3.8) is 0 Å². The highest BCUT2D eigenvalue weighted by atomic mass is 35.5. The van der Waals surface area contributed by atoms with Crippen molar-refractivity contribution in [2.24, 2.45) is 28.1 Å². The van der Waals surface area contributed by atoms with Crippen LogP contribution in [0.2, 0.25) is 5.02 Å². The quantitative estimate of drug-likeness (QED) is 0.0609. The van der Waals surface area contributed by atoms with Gasteiger partial charge >= 0.3 is 5.69 Å². The summed E-state index contributed by atoms with van der Waals surface area (Å²) >= 11 is 6.25. The molecule has 0 amide bonds. The van der Waals surface area contributed by atoms with Gasteiger partial charge in [-0.2, -0.15) is 4.98 Å². The lowest BCUT2D eigenvalue weighted by Gasteiger charge is -2.19. The SMILES string of the molecule is CC1CC1.CCCC(NCCCN=C(N)N)c1ccc(-n2cc3cc(-c4cc(CCCC(C)N)cc(Cl)c4F)[nH]c3nc2=O)cc1. The van der Waals surface area contributed by atoms with Gasteiger partial charge in [0.15, 0.2) is 11.8 Å². The van der Waals surface area contributed by atoms with Crippen LogP contribution in [0, 0.1) is 11.7 Å². The van der Waals surface area contributed by atoms with Gasteiger partial charge in [-0.3, -0.25) is 9.56 Å². The monoisotopic (exact) mass is 650 g/mol. The Bertz CT molecular complexity index is 1660. The average molecular weight is 651 g/mol. The third-order valence-corrected chi connectivity index (χ3v) is 8.32. The molecule has 8 N–H and O–H groups in total. The van der Waals surface area contributed by atoms with Gasteiger partial charge in [-0.1, -0.05) is 56.8 Å². The lowest BCUT2D eigenvalue weighted by atomic mass is 10.0. The molecule has 2 unspecified atom stereocenters. The van der Waals surface area contributed by atoms with E-state index in [0.29, 0.717) is 34.5 Å². The number of halogens is 2. The normalized spacial score (nSPS) is 14.0. The largest absolute Gasteiger partial charge is 0.370 e. The van der Waals surface area contributed by atoms with Crippen molar-refractivity contribution in [2.45, 2.75) is 84.2 Å². The van der Waals surface area contributed by atoms with E-state index in [1.807, 2.05) is 31.2 Å². The molecule has 46 heavy (non-hydrogen) atoms. The highest BCUT2D eigenvalue weighted by molar-refractivity contribution is 6.31. The fourth-order valence-corrected chi connectivity index (χ4v) is 5.45. The first-order chi connectivity index (χ1) is 22.0. The Morgan fingerprint density at radius 2 is 1.89 bits per heavy atom. The van der Waals surface area contributed by atoms with Crippen molar-refractivity contribution in [2.75, 3.05) is 13.1 Å². The lowest BCUT2D eigenvalue weighted by Crippen LogP contribution is -2.25. The van der Waals surface area contributed by atoms with Gasteiger partial charge in [0.25, 0.3) is 0 Å². The van der Waals surface area contributed by atoms with E-state index in [2.05, 4.69) is 34.1 Å². The van der Waals surface area contributed by atoms with Crippen LogP contribution >= 0.6 is 11.6 Å². The summed E-state index contributed by atoms with van der Waals surface area (Å²) in [4.78, 5) is 24.4. The predicted molar refractivity (Wildman–Crippen MR) is 188 cm³/mol. The maximum atomic E-state index is 15.1. The Morgan fingerprint density at radius 1 is 1.17 bits per heavy atom. The fourth-order valence-electron chi connectivity index (χ4n) is 5.21. The number of benzene rings is 2. The van der Waals surface area contributed by atoms with Gasteiger partial charge < -0.3 is 27.5 Å². The summed E-state index contributed by atoms with van der Waals surface area (Å²) in [5.74, 6) is 0.667. The maximum Gasteiger partial charge on any atom is 0.354 e. The molecule has 2 heterocycles. The predicted octanol–water partition coefficient (Wildman–Crippen LogP) is 6.35. The number of rotatable bonds is 14. The first-order valence-corrected chi connectivity index (χ1v) is 16.7. The number of guanidine groups is 1. The molecule has 0 aliphatic heterocycles. The lowest BCUT2D eigenvalue weighted by molar-refractivity contribution is 0.490. The molecular formula is C35H48ClFN8O. The topological polar surface area (TPSA) is 153 Å². The van der Waals surface area contributed by atoms with E-state index in [1.165, 1.54) is 17.4 Å². The standard InChI is InChI=1S/C31H40ClFN8O.C4H8/c1-3-6-26(37-13-5-14-38-30(35)36)21-9-11-23(12-10-21)41-18-22-17-27(39-29(22)40-31(41)42)24-15-20(8-4-7-19(2)34)16-25(32)28(24)33;1-4-2-3-4/h9-12,15-19,26,37H,3-8,13-14,34H2,1-2H3,(H4,35,36,38)(H,39,40,42);4H,2-3H2,1H3. The van der Waals surface area contributed by atoms with Gasteiger partial charge in [-0.15, -0.1) is 0 Å². The summed E-state index contributed by atoms with van der Waals surface area (Å²) in [6, 6.07) is 13.4. The molecular weight excluding hydrogens is 603 g/mol. The fraction of sp³-hybridized carbons (Fsp3) is 0.457. The Kier molecular flexibility index (Phi) is 12.8. The summed E-state index contributed by atoms with van der Waals surface area (Å²) in [7, 11) is 0. The molecule has 5 rings (SSSR count). The van der Waals surface area contributed by atoms with Crippen LogP contribution in [0.1, 0.15) is 82.9 Å². The molecule has 4 aromatic rings. The smallest absolute Gasteiger partial charge is 0.354 e. The van der Waals surface area contributed by atoms with Crippen LogP contribution in [0.25, 0.3) is 28.0 Å². The molecule has 2 aromatic heterocycles. The van der Waals surface area contributed by atoms with E-state index >= 15 is 4.39 Å². The van der Waals surface area contributed by atoms with Crippen molar-refractivity contribution < 1.29 is 4.39 Å². The van der Waals surface area contributed by atoms with E-state index in [0.717, 1.165) is 62.1 Å². The Balaban J connectivity index is 0.00000111. The van der Waals surface area contributed by atoms with Crippen molar-refractivity contribution in [3.05, 3.63) is 81.1 Å². The minimum absolute atomic E-state index is 0.0548. The van der Waals surface area contributed by atoms with Crippen LogP contribution in [0.5, 0.6) is 0 Å². The number of nitrogens with zero attached hydrogens (tertiary/aromatic N) is 3. The van der Waals surface area contributed by atoms with Crippen molar-refractivity contribution in [1.29, 1.82) is 0 Å². The first kappa shape index (κ1) is 35.1. The first-order valence-electron chi connectivity index (χ1n) is 16.3. The van der Waals surface area contributed by atoms with Gasteiger partial charge in [0, 0.05) is 35.8 Å². The average Bonchev–Trinajstić information content (AvgIpc) is 3.69. The van der Waals surface area contributed by atoms with Crippen LogP contribution in [-0.4, -0.2) is 39.6 Å². The molecule has 0 bridgehead atoms. The second-order valence-corrected chi connectivity index (χ2v) is 12.8. The molecule has 2 aromatic carbocycles. The van der Waals surface area contributed by atoms with Gasteiger partial charge in [-0.25, -0.2) is 9.18 Å². The Labute approximate surface area is 275 Å². The molecule has 2 atom stereocenters. The maximum absolute atomic E-state index is 15.1. The number of aryl methyl sites for hydroxylation is 1. The second-order valence-electron chi connectivity index (χ2n) is 12.4. The van der Waals surface area contributed by atoms with E-state index in [4.69, 9.17) is 28.8 Å². The summed E-state index contributed by atoms with van der Waals surface area (Å²) in [6.45, 7) is 7.74. The minimum atomic E-state index is -0.517. The number of hydrogen-bond donors (Lipinski definition) is 5. The number of hydrogen-bond acceptors (Lipinski definition) is 5. The second kappa shape index (κ2) is 16.7. The van der Waals surface area contributed by atoms with Crippen LogP contribution in [0.3, 0.4) is 0 Å². The zero-order valence-electron chi connectivity index (χ0n) is 27.2. The van der Waals surface area contributed by atoms with Gasteiger partial charge in [-0.05, 0) is 92.9 Å². The number of aliphatic imine (C=N–C) groups is 1. The van der Waals surface area contributed by atoms with Crippen molar-refractivity contribution >= 4 is 28.6 Å². The Hall–Kier alpha value is -3.73. The van der Waals surface area contributed by atoms with Crippen LogP contribution in [-0.2, 0) is 6.42 Å². The molecule has 1 aliphatic rings. The minimum Gasteiger partial charge on any atom is -0.370 e. The number of nitrogens with one attached hydrogen (secondary N) is 2. The summed E-state index contributed by atoms with van der Waals surface area (Å²) in [5.41, 5.74) is 20.2. The van der Waals surface area contributed by atoms with E-state index < -0.39 is 11.5 Å². The number of H-pyrrole nitrogens is 1. The summed E-state index contributed by atoms with van der Waals surface area (Å²) < 4.78 is 16.6. The zero-order valence-corrected chi connectivity index (χ0v) is 27.9. The molecule has 1 saturated carbocycles. The zero-order chi connectivity index (χ0) is 33.2. The Morgan fingerprint density at radius 3 is 2.52 bits per heavy atom. The van der Waals surface area contributed by atoms with Crippen molar-refractivity contribution in [1.82, 2.24) is 19.9 Å². The van der Waals surface area contributed by atoms with Gasteiger partial charge in [0.1, 0.15) is 5.65 Å².